The number of ketones is 1. The van der Waals surface area contributed by atoms with Gasteiger partial charge < -0.3 is 0 Å². The Balaban J connectivity index is 1.92. The van der Waals surface area contributed by atoms with Crippen LogP contribution < -0.4 is 0 Å². The first-order chi connectivity index (χ1) is 10.4. The summed E-state index contributed by atoms with van der Waals surface area (Å²) in [6, 6.07) is 7.30. The molecule has 0 aromatic heterocycles. The number of hydrogen-bond donors (Lipinski definition) is 0. The molecule has 2 saturated heterocycles. The van der Waals surface area contributed by atoms with E-state index in [0.717, 1.165) is 12.0 Å². The molecule has 2 bridgehead atoms. The number of benzene rings is 1. The van der Waals surface area contributed by atoms with Crippen molar-refractivity contribution in [1.82, 2.24) is 0 Å². The van der Waals surface area contributed by atoms with Crippen molar-refractivity contribution in [2.24, 2.45) is 5.92 Å². The van der Waals surface area contributed by atoms with E-state index in [0.29, 0.717) is 36.8 Å². The van der Waals surface area contributed by atoms with Gasteiger partial charge in [0.25, 0.3) is 0 Å². The van der Waals surface area contributed by atoms with Crippen LogP contribution in [0.15, 0.2) is 18.2 Å². The fourth-order valence-corrected chi connectivity index (χ4v) is 6.34. The zero-order chi connectivity index (χ0) is 15.9. The Kier molecular flexibility index (Phi) is 3.82. The maximum Gasteiger partial charge on any atom is 0.167 e. The van der Waals surface area contributed by atoms with E-state index >= 15 is 0 Å². The standard InChI is InChI=1S/C17H19NO3S/c1-11-5-6-12(10-18)16(7-11)17(19)13-8-14-3-2-4-15(9-13)22(14,20)21/h5-7,13-15H,2-4,8-9H2,1H3. The minimum absolute atomic E-state index is 0.0629. The van der Waals surface area contributed by atoms with Crippen molar-refractivity contribution in [1.29, 1.82) is 5.26 Å². The second kappa shape index (κ2) is 5.51. The van der Waals surface area contributed by atoms with Gasteiger partial charge in [-0.3, -0.25) is 4.79 Å². The molecule has 0 amide bonds. The van der Waals surface area contributed by atoms with E-state index in [1.807, 2.05) is 13.0 Å². The zero-order valence-corrected chi connectivity index (χ0v) is 13.4. The molecule has 2 aliphatic rings. The fraction of sp³-hybridized carbons (Fsp3) is 0.529. The predicted octanol–water partition coefficient (Wildman–Crippen LogP) is 2.80. The van der Waals surface area contributed by atoms with E-state index in [1.165, 1.54) is 0 Å². The fourth-order valence-electron chi connectivity index (χ4n) is 3.80. The smallest absolute Gasteiger partial charge is 0.167 e. The largest absolute Gasteiger partial charge is 0.294 e. The summed E-state index contributed by atoms with van der Waals surface area (Å²) in [5, 5.41) is 8.46. The normalized spacial score (nSPS) is 29.5. The topological polar surface area (TPSA) is 75.0 Å². The second-order valence-corrected chi connectivity index (χ2v) is 8.97. The summed E-state index contributed by atoms with van der Waals surface area (Å²) in [6.45, 7) is 1.89. The van der Waals surface area contributed by atoms with Gasteiger partial charge in [0.05, 0.1) is 22.1 Å². The van der Waals surface area contributed by atoms with Gasteiger partial charge in [-0.15, -0.1) is 0 Å². The highest BCUT2D eigenvalue weighted by Gasteiger charge is 2.46. The molecule has 4 nitrogen and oxygen atoms in total. The molecule has 2 unspecified atom stereocenters. The van der Waals surface area contributed by atoms with Crippen LogP contribution in [0.1, 0.15) is 53.6 Å². The van der Waals surface area contributed by atoms with Gasteiger partial charge in [-0.2, -0.15) is 5.26 Å². The van der Waals surface area contributed by atoms with Gasteiger partial charge in [-0.25, -0.2) is 8.42 Å². The Labute approximate surface area is 131 Å². The molecule has 22 heavy (non-hydrogen) atoms. The summed E-state index contributed by atoms with van der Waals surface area (Å²) >= 11 is 0. The molecule has 2 atom stereocenters. The lowest BCUT2D eigenvalue weighted by atomic mass is 9.83. The number of Topliss-reactive ketones (excluding diaryl/α,β-unsaturated/α-hetero) is 1. The molecule has 0 radical (unpaired) electrons. The molecule has 2 heterocycles. The van der Waals surface area contributed by atoms with E-state index in [9.17, 15) is 18.5 Å². The summed E-state index contributed by atoms with van der Waals surface area (Å²) in [5.41, 5.74) is 1.77. The highest BCUT2D eigenvalue weighted by molar-refractivity contribution is 7.92. The first-order valence-electron chi connectivity index (χ1n) is 7.71. The first kappa shape index (κ1) is 15.2. The van der Waals surface area contributed by atoms with Gasteiger partial charge in [0.1, 0.15) is 0 Å². The van der Waals surface area contributed by atoms with Gasteiger partial charge in [-0.05, 0) is 44.7 Å². The lowest BCUT2D eigenvalue weighted by molar-refractivity contribution is 0.0893. The van der Waals surface area contributed by atoms with Crippen LogP contribution in [0, 0.1) is 24.2 Å². The molecule has 0 spiro atoms. The number of sulfone groups is 1. The Hall–Kier alpha value is -1.67. The number of carbonyl (C=O) groups excluding carboxylic acids is 1. The van der Waals surface area contributed by atoms with Crippen molar-refractivity contribution in [3.63, 3.8) is 0 Å². The van der Waals surface area contributed by atoms with Crippen LogP contribution in [0.5, 0.6) is 0 Å². The van der Waals surface area contributed by atoms with Gasteiger partial charge in [0.15, 0.2) is 15.6 Å². The third-order valence-electron chi connectivity index (χ3n) is 5.01. The highest BCUT2D eigenvalue weighted by atomic mass is 32.2. The molecule has 1 aromatic rings. The monoisotopic (exact) mass is 317 g/mol. The summed E-state index contributed by atoms with van der Waals surface area (Å²) in [4.78, 5) is 12.8. The Morgan fingerprint density at radius 3 is 2.45 bits per heavy atom. The quantitative estimate of drug-likeness (QED) is 0.786. The van der Waals surface area contributed by atoms with Gasteiger partial charge >= 0.3 is 0 Å². The Bertz CT molecular complexity index is 741. The number of carbonyl (C=O) groups is 1. The Morgan fingerprint density at radius 1 is 1.23 bits per heavy atom. The molecule has 3 rings (SSSR count). The molecule has 2 aliphatic heterocycles. The van der Waals surface area contributed by atoms with Crippen LogP contribution in [-0.4, -0.2) is 24.7 Å². The summed E-state index contributed by atoms with van der Waals surface area (Å²) < 4.78 is 24.6. The van der Waals surface area contributed by atoms with Crippen molar-refractivity contribution in [2.45, 2.75) is 49.5 Å². The minimum atomic E-state index is -3.06. The molecule has 2 fully saturated rings. The van der Waals surface area contributed by atoms with E-state index in [1.54, 1.807) is 12.1 Å². The van der Waals surface area contributed by atoms with Crippen LogP contribution in [0.4, 0.5) is 0 Å². The second-order valence-electron chi connectivity index (χ2n) is 6.46. The van der Waals surface area contributed by atoms with Crippen molar-refractivity contribution in [2.75, 3.05) is 0 Å². The van der Waals surface area contributed by atoms with Crippen molar-refractivity contribution < 1.29 is 13.2 Å². The average molecular weight is 317 g/mol. The minimum Gasteiger partial charge on any atom is -0.294 e. The van der Waals surface area contributed by atoms with E-state index in [4.69, 9.17) is 0 Å². The van der Waals surface area contributed by atoms with Crippen LogP contribution in [0.25, 0.3) is 0 Å². The van der Waals surface area contributed by atoms with Crippen LogP contribution in [0.3, 0.4) is 0 Å². The van der Waals surface area contributed by atoms with Crippen LogP contribution in [0.2, 0.25) is 0 Å². The van der Waals surface area contributed by atoms with E-state index in [-0.39, 0.29) is 22.2 Å². The lowest BCUT2D eigenvalue weighted by Crippen LogP contribution is -2.45. The molecular weight excluding hydrogens is 298 g/mol. The molecule has 1 aromatic carbocycles. The van der Waals surface area contributed by atoms with Crippen molar-refractivity contribution in [3.05, 3.63) is 34.9 Å². The third-order valence-corrected chi connectivity index (χ3v) is 7.72. The number of fused-ring (bicyclic) bond motifs is 2. The SMILES string of the molecule is Cc1ccc(C#N)c(C(=O)C2CC3CCCC(C2)S3(=O)=O)c1. The predicted molar refractivity (Wildman–Crippen MR) is 83.3 cm³/mol. The molecular formula is C17H19NO3S. The summed E-state index contributed by atoms with van der Waals surface area (Å²) in [6.07, 6.45) is 3.10. The number of nitrogens with zero attached hydrogens (tertiary/aromatic N) is 1. The van der Waals surface area contributed by atoms with Crippen molar-refractivity contribution in [3.8, 4) is 6.07 Å². The number of hydrogen-bond acceptors (Lipinski definition) is 4. The number of aryl methyl sites for hydroxylation is 1. The first-order valence-corrected chi connectivity index (χ1v) is 9.32. The molecule has 0 N–H and O–H groups in total. The maximum atomic E-state index is 12.8. The van der Waals surface area contributed by atoms with Crippen molar-refractivity contribution >= 4 is 15.6 Å². The summed E-state index contributed by atoms with van der Waals surface area (Å²) in [5.74, 6) is -0.334. The van der Waals surface area contributed by atoms with Crippen LogP contribution >= 0.6 is 0 Å². The van der Waals surface area contributed by atoms with Gasteiger partial charge in [0, 0.05) is 11.5 Å². The number of nitriles is 1. The molecule has 116 valence electrons. The molecule has 5 heteroatoms. The van der Waals surface area contributed by atoms with Gasteiger partial charge in [-0.1, -0.05) is 18.1 Å². The number of rotatable bonds is 2. The third kappa shape index (κ3) is 2.46. The summed E-state index contributed by atoms with van der Waals surface area (Å²) in [7, 11) is -3.06. The zero-order valence-electron chi connectivity index (χ0n) is 12.6. The molecule has 0 saturated carbocycles. The van der Waals surface area contributed by atoms with E-state index < -0.39 is 9.84 Å². The average Bonchev–Trinajstić information content (AvgIpc) is 2.45. The van der Waals surface area contributed by atoms with Crippen LogP contribution in [-0.2, 0) is 9.84 Å². The lowest BCUT2D eigenvalue weighted by Gasteiger charge is -2.38. The van der Waals surface area contributed by atoms with E-state index in [2.05, 4.69) is 6.07 Å². The maximum absolute atomic E-state index is 12.8. The Morgan fingerprint density at radius 2 is 1.86 bits per heavy atom. The van der Waals surface area contributed by atoms with Gasteiger partial charge in [0.2, 0.25) is 0 Å². The highest BCUT2D eigenvalue weighted by Crippen LogP contribution is 2.40. The molecule has 0 aliphatic carbocycles.